The van der Waals surface area contributed by atoms with E-state index in [-0.39, 0.29) is 41.2 Å². The fraction of sp³-hybridized carbons (Fsp3) is 0.632. The van der Waals surface area contributed by atoms with Crippen LogP contribution in [0.5, 0.6) is 5.75 Å². The lowest BCUT2D eigenvalue weighted by Crippen LogP contribution is -2.54. The average Bonchev–Trinajstić information content (AvgIpc) is 3.04. The van der Waals surface area contributed by atoms with Gasteiger partial charge in [0.15, 0.2) is 0 Å². The van der Waals surface area contributed by atoms with Gasteiger partial charge in [0.2, 0.25) is 15.9 Å². The van der Waals surface area contributed by atoms with Crippen molar-refractivity contribution in [3.63, 3.8) is 0 Å². The number of halogens is 1. The molecule has 0 saturated heterocycles. The summed E-state index contributed by atoms with van der Waals surface area (Å²) in [7, 11) is -2.21. The van der Waals surface area contributed by atoms with Gasteiger partial charge in [-0.25, -0.2) is 13.1 Å². The van der Waals surface area contributed by atoms with Crippen LogP contribution in [0.2, 0.25) is 5.02 Å². The number of carbonyl (C=O) groups excluding carboxylic acids is 2. The molecule has 1 aliphatic carbocycles. The molecule has 0 spiro atoms. The molecule has 0 radical (unpaired) electrons. The summed E-state index contributed by atoms with van der Waals surface area (Å²) >= 11 is 6.35. The molecule has 1 fully saturated rings. The molecule has 0 unspecified atom stereocenters. The molecule has 2 N–H and O–H groups in total. The average molecular weight is 716 g/mol. The maximum Gasteiger partial charge on any atom is 0.264 e. The summed E-state index contributed by atoms with van der Waals surface area (Å²) in [5, 5.41) is 12.3. The Morgan fingerprint density at radius 1 is 1.08 bits per heavy atom. The number of aliphatic hydroxyl groups is 1. The first kappa shape index (κ1) is 37.4. The van der Waals surface area contributed by atoms with Crippen molar-refractivity contribution in [3.05, 3.63) is 58.1 Å². The van der Waals surface area contributed by atoms with Crippen molar-refractivity contribution in [2.45, 2.75) is 115 Å². The summed E-state index contributed by atoms with van der Waals surface area (Å²) in [4.78, 5) is 31.1. The molecule has 11 heteroatoms. The Labute approximate surface area is 297 Å². The first-order valence-electron chi connectivity index (χ1n) is 17.8. The second-order valence-electron chi connectivity index (χ2n) is 15.7. The van der Waals surface area contributed by atoms with E-state index in [0.717, 1.165) is 43.2 Å². The standard InChI is InChI=1S/C38H54ClN3O6S/c1-25-10-9-18-38(45,22-35(43)41(6)37(3,4)5)32-16-13-29(32)23-42-19-8-7-11-27-20-31(39)15-12-30(27)24-48-34-17-14-28(21-33(34)42)36(44)40-49(46,47)26(25)2/h12,14-15,17,20-21,25-26,29,32,45H,7-11,13,16,18-19,22-24H2,1-6H3,(H,40,44)/t25-,26+,29-,32+,38-/m0/s1. The third kappa shape index (κ3) is 8.56. The van der Waals surface area contributed by atoms with Crippen molar-refractivity contribution in [3.8, 4) is 5.75 Å². The Kier molecular flexibility index (Phi) is 11.3. The van der Waals surface area contributed by atoms with E-state index in [1.54, 1.807) is 37.1 Å². The fourth-order valence-corrected chi connectivity index (χ4v) is 9.07. The van der Waals surface area contributed by atoms with Crippen LogP contribution >= 0.6 is 11.6 Å². The van der Waals surface area contributed by atoms with Gasteiger partial charge < -0.3 is 19.6 Å². The van der Waals surface area contributed by atoms with Gasteiger partial charge in [-0.1, -0.05) is 31.0 Å². The van der Waals surface area contributed by atoms with E-state index in [4.69, 9.17) is 16.3 Å². The molecule has 2 aromatic carbocycles. The van der Waals surface area contributed by atoms with E-state index in [2.05, 4.69) is 9.62 Å². The van der Waals surface area contributed by atoms with Crippen LogP contribution in [0.4, 0.5) is 5.69 Å². The maximum absolute atomic E-state index is 13.6. The molecule has 2 aromatic rings. The number of hydrogen-bond acceptors (Lipinski definition) is 7. The van der Waals surface area contributed by atoms with Crippen LogP contribution in [0.1, 0.15) is 107 Å². The largest absolute Gasteiger partial charge is 0.487 e. The highest BCUT2D eigenvalue weighted by molar-refractivity contribution is 7.90. The molecule has 2 bridgehead atoms. The molecule has 270 valence electrons. The van der Waals surface area contributed by atoms with Crippen molar-refractivity contribution in [2.24, 2.45) is 17.8 Å². The summed E-state index contributed by atoms with van der Waals surface area (Å²) in [6, 6.07) is 11.0. The number of sulfonamides is 1. The third-order valence-corrected chi connectivity index (χ3v) is 13.6. The van der Waals surface area contributed by atoms with E-state index >= 15 is 0 Å². The zero-order valence-electron chi connectivity index (χ0n) is 29.9. The molecule has 9 nitrogen and oxygen atoms in total. The number of hydrogen-bond donors (Lipinski definition) is 2. The second kappa shape index (κ2) is 14.8. The highest BCUT2D eigenvalue weighted by Crippen LogP contribution is 2.48. The monoisotopic (exact) mass is 715 g/mol. The first-order chi connectivity index (χ1) is 23.0. The molecule has 5 atom stereocenters. The zero-order valence-corrected chi connectivity index (χ0v) is 31.5. The van der Waals surface area contributed by atoms with E-state index in [0.29, 0.717) is 55.4 Å². The molecule has 1 saturated carbocycles. The minimum atomic E-state index is -4.00. The Morgan fingerprint density at radius 2 is 1.84 bits per heavy atom. The van der Waals surface area contributed by atoms with E-state index in [1.165, 1.54) is 0 Å². The van der Waals surface area contributed by atoms with Crippen molar-refractivity contribution in [1.82, 2.24) is 9.62 Å². The number of anilines is 1. The predicted octanol–water partition coefficient (Wildman–Crippen LogP) is 6.73. The van der Waals surface area contributed by atoms with Gasteiger partial charge in [0.05, 0.1) is 23.0 Å². The molecular weight excluding hydrogens is 662 g/mol. The van der Waals surface area contributed by atoms with Gasteiger partial charge in [0.1, 0.15) is 12.4 Å². The van der Waals surface area contributed by atoms with Crippen LogP contribution in [0.3, 0.4) is 0 Å². The van der Waals surface area contributed by atoms with Crippen molar-refractivity contribution in [1.29, 1.82) is 0 Å². The normalized spacial score (nSPS) is 28.0. The summed E-state index contributed by atoms with van der Waals surface area (Å²) in [6.07, 6.45) is 5.86. The van der Waals surface area contributed by atoms with Crippen molar-refractivity contribution < 1.29 is 27.9 Å². The number of nitrogens with zero attached hydrogens (tertiary/aromatic N) is 2. The highest BCUT2D eigenvalue weighted by Gasteiger charge is 2.48. The number of amides is 2. The number of carbonyl (C=O) groups is 2. The smallest absolute Gasteiger partial charge is 0.264 e. The molecule has 2 heterocycles. The molecule has 0 aromatic heterocycles. The van der Waals surface area contributed by atoms with Crippen molar-refractivity contribution in [2.75, 3.05) is 25.0 Å². The Balaban J connectivity index is 1.55. The number of aryl methyl sites for hydroxylation is 1. The highest BCUT2D eigenvalue weighted by atomic mass is 35.5. The summed E-state index contributed by atoms with van der Waals surface area (Å²) in [6.45, 7) is 11.0. The molecule has 2 aliphatic heterocycles. The topological polar surface area (TPSA) is 116 Å². The molecule has 3 aliphatic rings. The minimum absolute atomic E-state index is 0.0187. The number of benzene rings is 2. The lowest BCUT2D eigenvalue weighted by molar-refractivity contribution is -0.148. The number of fused-ring (bicyclic) bond motifs is 3. The Morgan fingerprint density at radius 3 is 2.53 bits per heavy atom. The summed E-state index contributed by atoms with van der Waals surface area (Å²) < 4.78 is 35.7. The van der Waals surface area contributed by atoms with E-state index < -0.39 is 26.8 Å². The molecule has 49 heavy (non-hydrogen) atoms. The lowest BCUT2D eigenvalue weighted by Gasteiger charge is -2.50. The van der Waals surface area contributed by atoms with E-state index in [1.807, 2.05) is 45.9 Å². The van der Waals surface area contributed by atoms with Gasteiger partial charge in [-0.05, 0) is 132 Å². The molecular formula is C38H54ClN3O6S. The summed E-state index contributed by atoms with van der Waals surface area (Å²) in [5.74, 6) is -0.427. The first-order valence-corrected chi connectivity index (χ1v) is 19.7. The minimum Gasteiger partial charge on any atom is -0.487 e. The van der Waals surface area contributed by atoms with Crippen LogP contribution in [-0.2, 0) is 27.8 Å². The van der Waals surface area contributed by atoms with E-state index in [9.17, 15) is 23.1 Å². The van der Waals surface area contributed by atoms with Gasteiger partial charge in [0, 0.05) is 36.3 Å². The van der Waals surface area contributed by atoms with Crippen LogP contribution < -0.4 is 14.4 Å². The van der Waals surface area contributed by atoms with Crippen LogP contribution in [0.25, 0.3) is 0 Å². The quantitative estimate of drug-likeness (QED) is 0.354. The lowest BCUT2D eigenvalue weighted by atomic mass is 9.62. The zero-order chi connectivity index (χ0) is 35.7. The second-order valence-corrected chi connectivity index (χ2v) is 18.2. The van der Waals surface area contributed by atoms with Crippen molar-refractivity contribution >= 4 is 39.1 Å². The van der Waals surface area contributed by atoms with Gasteiger partial charge in [-0.2, -0.15) is 0 Å². The van der Waals surface area contributed by atoms with Crippen LogP contribution in [0.15, 0.2) is 36.4 Å². The SMILES string of the molecule is C[C@@H]1[C@@H](C)CCC[C@](O)(CC(=O)N(C)C(C)(C)C)[C@@H]2CC[C@H]2CN2CCCCc3cc(Cl)ccc3COc3ccc(cc32)C(=O)NS1(=O)=O. The summed E-state index contributed by atoms with van der Waals surface area (Å²) in [5.41, 5.74) is 1.52. The van der Waals surface area contributed by atoms with Crippen LogP contribution in [0, 0.1) is 17.8 Å². The maximum atomic E-state index is 13.6. The van der Waals surface area contributed by atoms with Crippen LogP contribution in [-0.4, -0.2) is 66.8 Å². The molecule has 2 amide bonds. The van der Waals surface area contributed by atoms with Gasteiger partial charge >= 0.3 is 0 Å². The Bertz CT molecular complexity index is 1640. The number of rotatable bonds is 2. The molecule has 5 rings (SSSR count). The number of ether oxygens (including phenoxy) is 1. The van der Waals surface area contributed by atoms with Gasteiger partial charge in [-0.15, -0.1) is 0 Å². The predicted molar refractivity (Wildman–Crippen MR) is 195 cm³/mol. The van der Waals surface area contributed by atoms with Gasteiger partial charge in [0.25, 0.3) is 5.91 Å². The fourth-order valence-electron chi connectivity index (χ4n) is 7.57. The number of nitrogens with one attached hydrogen (secondary N) is 1. The Hall–Kier alpha value is -2.82. The third-order valence-electron chi connectivity index (χ3n) is 11.4. The van der Waals surface area contributed by atoms with Gasteiger partial charge in [-0.3, -0.25) is 9.59 Å².